The number of aromatic nitrogens is 3. The normalized spacial score (nSPS) is 10.8. The second-order valence-electron chi connectivity index (χ2n) is 4.51. The minimum Gasteiger partial charge on any atom is -0.507 e. The Balaban J connectivity index is 2.47. The number of aryl methyl sites for hydroxylation is 1. The predicted octanol–water partition coefficient (Wildman–Crippen LogP) is 2.19. The van der Waals surface area contributed by atoms with E-state index in [0.29, 0.717) is 21.8 Å². The number of hydrogen-bond donors (Lipinski definition) is 2. The minimum absolute atomic E-state index is 0.0786. The summed E-state index contributed by atoms with van der Waals surface area (Å²) in [6.45, 7) is 1.76. The fourth-order valence-electron chi connectivity index (χ4n) is 2.18. The molecule has 0 bridgehead atoms. The molecule has 2 N–H and O–H groups in total. The molecule has 0 amide bonds. The molecule has 2 heterocycles. The average molecular weight is 314 g/mol. The second-order valence-corrected chi connectivity index (χ2v) is 5.31. The zero-order chi connectivity index (χ0) is 15.9. The van der Waals surface area contributed by atoms with Crippen LogP contribution in [-0.2, 0) is 0 Å². The van der Waals surface area contributed by atoms with E-state index < -0.39 is 5.56 Å². The van der Waals surface area contributed by atoms with Crippen LogP contribution >= 0.6 is 11.8 Å². The van der Waals surface area contributed by atoms with Crippen molar-refractivity contribution in [3.63, 3.8) is 0 Å². The Bertz CT molecular complexity index is 984. The van der Waals surface area contributed by atoms with Crippen LogP contribution in [-0.4, -0.2) is 26.5 Å². The van der Waals surface area contributed by atoms with Crippen LogP contribution in [0.1, 0.15) is 11.3 Å². The third kappa shape index (κ3) is 2.03. The number of aromatic amines is 1. The zero-order valence-corrected chi connectivity index (χ0v) is 12.5. The molecule has 0 spiro atoms. The predicted molar refractivity (Wildman–Crippen MR) is 80.8 cm³/mol. The van der Waals surface area contributed by atoms with Crippen molar-refractivity contribution in [3.8, 4) is 23.1 Å². The van der Waals surface area contributed by atoms with E-state index in [1.165, 1.54) is 17.8 Å². The quantitative estimate of drug-likeness (QED) is 0.550. The van der Waals surface area contributed by atoms with Gasteiger partial charge in [0.25, 0.3) is 5.56 Å². The van der Waals surface area contributed by atoms with Crippen molar-refractivity contribution in [3.05, 3.63) is 33.7 Å². The number of fused-ring (bicyclic) bond motifs is 1. The third-order valence-electron chi connectivity index (χ3n) is 3.24. The van der Waals surface area contributed by atoms with Gasteiger partial charge in [-0.3, -0.25) is 4.79 Å². The van der Waals surface area contributed by atoms with Gasteiger partial charge in [-0.1, -0.05) is 16.9 Å². The topological polar surface area (TPSA) is 116 Å². The maximum atomic E-state index is 12.0. The molecule has 0 aliphatic carbocycles. The fraction of sp³-hybridized carbons (Fsp3) is 0.143. The Hall–Kier alpha value is -2.79. The molecule has 0 aliphatic rings. The number of thioether (sulfide) groups is 1. The summed E-state index contributed by atoms with van der Waals surface area (Å²) in [6.07, 6.45) is 1.74. The molecule has 0 radical (unpaired) electrons. The Labute approximate surface area is 128 Å². The van der Waals surface area contributed by atoms with E-state index in [0.717, 1.165) is 0 Å². The summed E-state index contributed by atoms with van der Waals surface area (Å²) in [5, 5.41) is 24.3. The van der Waals surface area contributed by atoms with E-state index in [1.807, 2.05) is 6.07 Å². The van der Waals surface area contributed by atoms with Crippen LogP contribution in [0.3, 0.4) is 0 Å². The molecule has 0 saturated carbocycles. The van der Waals surface area contributed by atoms with Crippen molar-refractivity contribution in [1.82, 2.24) is 15.1 Å². The summed E-state index contributed by atoms with van der Waals surface area (Å²) in [5.41, 5.74) is 0.453. The molecule has 3 rings (SSSR count). The van der Waals surface area contributed by atoms with Crippen LogP contribution in [0.15, 0.2) is 26.6 Å². The molecule has 0 fully saturated rings. The Kier molecular flexibility index (Phi) is 3.35. The lowest BCUT2D eigenvalue weighted by Gasteiger charge is -2.07. The molecule has 7 nitrogen and oxygen atoms in total. The van der Waals surface area contributed by atoms with E-state index in [9.17, 15) is 15.2 Å². The van der Waals surface area contributed by atoms with Crippen LogP contribution in [0.2, 0.25) is 0 Å². The molecule has 110 valence electrons. The van der Waals surface area contributed by atoms with Gasteiger partial charge >= 0.3 is 0 Å². The van der Waals surface area contributed by atoms with E-state index >= 15 is 0 Å². The van der Waals surface area contributed by atoms with Gasteiger partial charge in [0.05, 0.1) is 11.3 Å². The lowest BCUT2D eigenvalue weighted by molar-refractivity contribution is 0.445. The second kappa shape index (κ2) is 5.20. The molecular formula is C14H10N4O3S. The van der Waals surface area contributed by atoms with Gasteiger partial charge in [-0.05, 0) is 25.3 Å². The standard InChI is InChI=1S/C14H10N4O3S/c1-6-7-3-4-9(19)10(12(7)21-18-6)11-8(5-15)13(20)17-14(16-11)22-2/h3-4,19H,1-2H3,(H,16,17,20). The van der Waals surface area contributed by atoms with Crippen LogP contribution in [0, 0.1) is 18.3 Å². The Morgan fingerprint density at radius 3 is 2.91 bits per heavy atom. The van der Waals surface area contributed by atoms with Gasteiger partial charge in [-0.25, -0.2) is 4.98 Å². The molecule has 0 saturated heterocycles. The van der Waals surface area contributed by atoms with Crippen molar-refractivity contribution >= 4 is 22.7 Å². The van der Waals surface area contributed by atoms with E-state index in [2.05, 4.69) is 15.1 Å². The molecular weight excluding hydrogens is 304 g/mol. The number of H-pyrrole nitrogens is 1. The molecule has 0 atom stereocenters. The van der Waals surface area contributed by atoms with Crippen molar-refractivity contribution in [2.24, 2.45) is 0 Å². The van der Waals surface area contributed by atoms with E-state index in [4.69, 9.17) is 4.52 Å². The van der Waals surface area contributed by atoms with Crippen molar-refractivity contribution < 1.29 is 9.63 Å². The molecule has 3 aromatic rings. The van der Waals surface area contributed by atoms with Crippen LogP contribution in [0.25, 0.3) is 22.2 Å². The Morgan fingerprint density at radius 2 is 2.23 bits per heavy atom. The summed E-state index contributed by atoms with van der Waals surface area (Å²) in [4.78, 5) is 18.8. The largest absolute Gasteiger partial charge is 0.507 e. The number of aromatic hydroxyl groups is 1. The van der Waals surface area contributed by atoms with Gasteiger partial charge in [0, 0.05) is 5.39 Å². The van der Waals surface area contributed by atoms with E-state index in [1.54, 1.807) is 19.2 Å². The number of nitrogens with one attached hydrogen (secondary N) is 1. The van der Waals surface area contributed by atoms with Gasteiger partial charge in [0.2, 0.25) is 0 Å². The summed E-state index contributed by atoms with van der Waals surface area (Å²) >= 11 is 1.22. The molecule has 1 aromatic carbocycles. The summed E-state index contributed by atoms with van der Waals surface area (Å²) < 4.78 is 5.25. The molecule has 8 heteroatoms. The minimum atomic E-state index is -0.565. The molecule has 0 aliphatic heterocycles. The van der Waals surface area contributed by atoms with Gasteiger partial charge in [0.1, 0.15) is 23.1 Å². The number of phenolic OH excluding ortho intramolecular Hbond substituents is 1. The van der Waals surface area contributed by atoms with Crippen LogP contribution in [0.4, 0.5) is 0 Å². The first-order valence-corrected chi connectivity index (χ1v) is 7.46. The zero-order valence-electron chi connectivity index (χ0n) is 11.7. The highest BCUT2D eigenvalue weighted by Crippen LogP contribution is 2.37. The highest BCUT2D eigenvalue weighted by molar-refractivity contribution is 7.98. The van der Waals surface area contributed by atoms with Crippen LogP contribution < -0.4 is 5.56 Å². The highest BCUT2D eigenvalue weighted by atomic mass is 32.2. The monoisotopic (exact) mass is 314 g/mol. The first-order valence-electron chi connectivity index (χ1n) is 6.23. The van der Waals surface area contributed by atoms with E-state index in [-0.39, 0.29) is 22.6 Å². The molecule has 0 unspecified atom stereocenters. The van der Waals surface area contributed by atoms with Gasteiger partial charge in [-0.2, -0.15) is 5.26 Å². The van der Waals surface area contributed by atoms with Crippen molar-refractivity contribution in [2.45, 2.75) is 12.1 Å². The average Bonchev–Trinajstić information content (AvgIpc) is 2.87. The maximum absolute atomic E-state index is 12.0. The van der Waals surface area contributed by atoms with Crippen LogP contribution in [0.5, 0.6) is 5.75 Å². The number of benzene rings is 1. The lowest BCUT2D eigenvalue weighted by atomic mass is 10.0. The lowest BCUT2D eigenvalue weighted by Crippen LogP contribution is -2.14. The Morgan fingerprint density at radius 1 is 1.45 bits per heavy atom. The third-order valence-corrected chi connectivity index (χ3v) is 3.82. The highest BCUT2D eigenvalue weighted by Gasteiger charge is 2.22. The summed E-state index contributed by atoms with van der Waals surface area (Å²) in [6, 6.07) is 4.95. The maximum Gasteiger partial charge on any atom is 0.270 e. The first-order chi connectivity index (χ1) is 10.6. The number of phenols is 1. The first kappa shape index (κ1) is 14.2. The number of rotatable bonds is 2. The smallest absolute Gasteiger partial charge is 0.270 e. The fourth-order valence-corrected chi connectivity index (χ4v) is 2.56. The summed E-state index contributed by atoms with van der Waals surface area (Å²) in [5.74, 6) is -0.134. The summed E-state index contributed by atoms with van der Waals surface area (Å²) in [7, 11) is 0. The number of nitriles is 1. The number of nitrogens with zero attached hydrogens (tertiary/aromatic N) is 3. The molecule has 2 aromatic heterocycles. The SMILES string of the molecule is CSc1nc(-c2c(O)ccc3c(C)noc23)c(C#N)c(=O)[nH]1. The van der Waals surface area contributed by atoms with Gasteiger partial charge in [-0.15, -0.1) is 0 Å². The van der Waals surface area contributed by atoms with Gasteiger partial charge in [0.15, 0.2) is 10.7 Å². The van der Waals surface area contributed by atoms with Crippen molar-refractivity contribution in [1.29, 1.82) is 5.26 Å². The van der Waals surface area contributed by atoms with Crippen molar-refractivity contribution in [2.75, 3.05) is 6.26 Å². The molecule has 22 heavy (non-hydrogen) atoms. The number of hydrogen-bond acceptors (Lipinski definition) is 7. The van der Waals surface area contributed by atoms with Gasteiger partial charge < -0.3 is 14.6 Å².